The molecule has 0 spiro atoms. The summed E-state index contributed by atoms with van der Waals surface area (Å²) in [4.78, 5) is 3.77. The zero-order valence-corrected chi connectivity index (χ0v) is 21.0. The smallest absolute Gasteiger partial charge is 0.144 e. The van der Waals surface area contributed by atoms with Crippen LogP contribution in [0.1, 0.15) is 16.9 Å². The van der Waals surface area contributed by atoms with Gasteiger partial charge in [0, 0.05) is 32.4 Å². The largest absolute Gasteiger partial charge is 0.455 e. The number of hydrogen-bond donors (Lipinski definition) is 0. The van der Waals surface area contributed by atoms with E-state index in [1.807, 2.05) is 11.3 Å². The minimum absolute atomic E-state index is 0.944. The van der Waals surface area contributed by atoms with E-state index in [9.17, 15) is 0 Å². The lowest BCUT2D eigenvalue weighted by Crippen LogP contribution is -2.10. The molecule has 2 aromatic heterocycles. The van der Waals surface area contributed by atoms with E-state index >= 15 is 0 Å². The number of hydrogen-bond acceptors (Lipinski definition) is 3. The SMILES string of the molecule is C1=Cc2sc3c(N(c4ccccc4)c4ccc5ccccc5c4)cc4c5ccccc5oc4c3c2CC1. The zero-order chi connectivity index (χ0) is 24.3. The molecule has 8 rings (SSSR count). The predicted molar refractivity (Wildman–Crippen MR) is 159 cm³/mol. The molecule has 1 aliphatic carbocycles. The molecule has 0 bridgehead atoms. The monoisotopic (exact) mass is 493 g/mol. The van der Waals surface area contributed by atoms with Gasteiger partial charge in [0.25, 0.3) is 0 Å². The van der Waals surface area contributed by atoms with Gasteiger partial charge in [0.1, 0.15) is 11.2 Å². The summed E-state index contributed by atoms with van der Waals surface area (Å²) in [5.41, 5.74) is 6.87. The van der Waals surface area contributed by atoms with Crippen LogP contribution in [0.3, 0.4) is 0 Å². The molecule has 176 valence electrons. The Hall–Kier alpha value is -4.34. The van der Waals surface area contributed by atoms with E-state index in [4.69, 9.17) is 4.42 Å². The third-order valence-electron chi connectivity index (χ3n) is 7.49. The standard InChI is InChI=1S/C34H23NOS/c1-2-12-24(13-3-1)35(25-19-18-22-10-4-5-11-23(22)20-25)29-21-28-26-14-6-8-16-30(26)36-33(28)32-27-15-7-9-17-31(27)37-34(29)32/h1-6,8-14,16-21H,7,15H2. The summed E-state index contributed by atoms with van der Waals surface area (Å²) in [5, 5.41) is 6.10. The van der Waals surface area contributed by atoms with E-state index in [0.717, 1.165) is 35.4 Å². The van der Waals surface area contributed by atoms with Crippen LogP contribution in [0.2, 0.25) is 0 Å². The van der Waals surface area contributed by atoms with Crippen LogP contribution in [0.25, 0.3) is 48.9 Å². The fraction of sp³-hybridized carbons (Fsp3) is 0.0588. The van der Waals surface area contributed by atoms with Gasteiger partial charge >= 0.3 is 0 Å². The Morgan fingerprint density at radius 3 is 2.43 bits per heavy atom. The fourth-order valence-corrected chi connectivity index (χ4v) is 7.07. The van der Waals surface area contributed by atoms with Gasteiger partial charge in [-0.1, -0.05) is 72.8 Å². The van der Waals surface area contributed by atoms with E-state index in [0.29, 0.717) is 0 Å². The highest BCUT2D eigenvalue weighted by atomic mass is 32.1. The molecule has 0 amide bonds. The van der Waals surface area contributed by atoms with Crippen LogP contribution in [-0.2, 0) is 6.42 Å². The Morgan fingerprint density at radius 2 is 1.51 bits per heavy atom. The zero-order valence-electron chi connectivity index (χ0n) is 20.1. The molecule has 37 heavy (non-hydrogen) atoms. The molecule has 2 nitrogen and oxygen atoms in total. The van der Waals surface area contributed by atoms with Crippen molar-refractivity contribution < 1.29 is 4.42 Å². The number of benzene rings is 5. The highest BCUT2D eigenvalue weighted by molar-refractivity contribution is 7.21. The average Bonchev–Trinajstić information content (AvgIpc) is 3.52. The lowest BCUT2D eigenvalue weighted by Gasteiger charge is -2.26. The van der Waals surface area contributed by atoms with Gasteiger partial charge in [0.05, 0.1) is 10.4 Å². The number of para-hydroxylation sites is 2. The molecular formula is C34H23NOS. The summed E-state index contributed by atoms with van der Waals surface area (Å²) < 4.78 is 7.84. The van der Waals surface area contributed by atoms with Crippen molar-refractivity contribution in [2.24, 2.45) is 0 Å². The topological polar surface area (TPSA) is 16.4 Å². The minimum Gasteiger partial charge on any atom is -0.455 e. The van der Waals surface area contributed by atoms with Gasteiger partial charge < -0.3 is 9.32 Å². The normalized spacial score (nSPS) is 13.1. The van der Waals surface area contributed by atoms with Crippen molar-refractivity contribution in [2.45, 2.75) is 12.8 Å². The molecule has 2 heterocycles. The Kier molecular flexibility index (Phi) is 4.55. The van der Waals surface area contributed by atoms with Crippen molar-refractivity contribution in [2.75, 3.05) is 4.90 Å². The number of aryl methyl sites for hydroxylation is 1. The first-order valence-electron chi connectivity index (χ1n) is 12.8. The van der Waals surface area contributed by atoms with Crippen LogP contribution in [-0.4, -0.2) is 0 Å². The molecule has 0 radical (unpaired) electrons. The summed E-state index contributed by atoms with van der Waals surface area (Å²) in [5.74, 6) is 0. The van der Waals surface area contributed by atoms with Gasteiger partial charge in [-0.15, -0.1) is 11.3 Å². The second-order valence-corrected chi connectivity index (χ2v) is 10.7. The fourth-order valence-electron chi connectivity index (χ4n) is 5.79. The quantitative estimate of drug-likeness (QED) is 0.243. The molecule has 3 heteroatoms. The summed E-state index contributed by atoms with van der Waals surface area (Å²) in [6, 6.07) is 36.8. The molecule has 0 N–H and O–H groups in total. The highest BCUT2D eigenvalue weighted by Gasteiger charge is 2.25. The molecule has 0 atom stereocenters. The number of furan rings is 1. The van der Waals surface area contributed by atoms with Crippen molar-refractivity contribution in [1.82, 2.24) is 0 Å². The van der Waals surface area contributed by atoms with Gasteiger partial charge in [0.2, 0.25) is 0 Å². The summed E-state index contributed by atoms with van der Waals surface area (Å²) in [7, 11) is 0. The van der Waals surface area contributed by atoms with Gasteiger partial charge in [-0.2, -0.15) is 0 Å². The third-order valence-corrected chi connectivity index (χ3v) is 8.71. The second kappa shape index (κ2) is 8.09. The van der Waals surface area contributed by atoms with Gasteiger partial charge in [-0.25, -0.2) is 0 Å². The van der Waals surface area contributed by atoms with Crippen LogP contribution in [0.15, 0.2) is 114 Å². The van der Waals surface area contributed by atoms with Gasteiger partial charge in [0.15, 0.2) is 0 Å². The maximum absolute atomic E-state index is 6.56. The van der Waals surface area contributed by atoms with Crippen molar-refractivity contribution >= 4 is 77.3 Å². The average molecular weight is 494 g/mol. The molecule has 5 aromatic carbocycles. The number of anilines is 3. The van der Waals surface area contributed by atoms with Crippen molar-refractivity contribution in [1.29, 1.82) is 0 Å². The van der Waals surface area contributed by atoms with Crippen molar-refractivity contribution in [3.05, 3.63) is 120 Å². The van der Waals surface area contributed by atoms with Crippen molar-refractivity contribution in [3.8, 4) is 0 Å². The van der Waals surface area contributed by atoms with E-state index in [2.05, 4.69) is 120 Å². The van der Waals surface area contributed by atoms with Gasteiger partial charge in [-0.05, 0) is 71.7 Å². The van der Waals surface area contributed by atoms with E-state index in [1.165, 1.54) is 47.8 Å². The molecule has 0 unspecified atom stereocenters. The minimum atomic E-state index is 0.944. The molecule has 0 fully saturated rings. The molecular weight excluding hydrogens is 470 g/mol. The third kappa shape index (κ3) is 3.18. The molecule has 0 saturated carbocycles. The highest BCUT2D eigenvalue weighted by Crippen LogP contribution is 2.50. The molecule has 7 aromatic rings. The van der Waals surface area contributed by atoms with E-state index in [1.54, 1.807) is 0 Å². The summed E-state index contributed by atoms with van der Waals surface area (Å²) >= 11 is 1.88. The first-order chi connectivity index (χ1) is 18.3. The first-order valence-corrected chi connectivity index (χ1v) is 13.6. The van der Waals surface area contributed by atoms with Crippen molar-refractivity contribution in [3.63, 3.8) is 0 Å². The van der Waals surface area contributed by atoms with E-state index < -0.39 is 0 Å². The summed E-state index contributed by atoms with van der Waals surface area (Å²) in [6.45, 7) is 0. The second-order valence-electron chi connectivity index (χ2n) is 9.66. The number of fused-ring (bicyclic) bond motifs is 8. The maximum atomic E-state index is 6.56. The van der Waals surface area contributed by atoms with Gasteiger partial charge in [-0.3, -0.25) is 0 Å². The number of nitrogens with zero attached hydrogens (tertiary/aromatic N) is 1. The van der Waals surface area contributed by atoms with Crippen LogP contribution in [0, 0.1) is 0 Å². The van der Waals surface area contributed by atoms with Crippen LogP contribution in [0.4, 0.5) is 17.1 Å². The number of rotatable bonds is 3. The van der Waals surface area contributed by atoms with E-state index in [-0.39, 0.29) is 0 Å². The Balaban J connectivity index is 1.51. The Bertz CT molecular complexity index is 1990. The summed E-state index contributed by atoms with van der Waals surface area (Å²) in [6.07, 6.45) is 6.71. The number of thiophene rings is 1. The Morgan fingerprint density at radius 1 is 0.703 bits per heavy atom. The lowest BCUT2D eigenvalue weighted by molar-refractivity contribution is 0.672. The predicted octanol–water partition coefficient (Wildman–Crippen LogP) is 10.4. The molecule has 0 saturated heterocycles. The van der Waals surface area contributed by atoms with Crippen LogP contribution < -0.4 is 4.90 Å². The first kappa shape index (κ1) is 20.8. The number of allylic oxidation sites excluding steroid dienone is 1. The van der Waals surface area contributed by atoms with Crippen LogP contribution in [0.5, 0.6) is 0 Å². The lowest BCUT2D eigenvalue weighted by atomic mass is 9.98. The molecule has 1 aliphatic rings. The van der Waals surface area contributed by atoms with Crippen LogP contribution >= 0.6 is 11.3 Å². The maximum Gasteiger partial charge on any atom is 0.144 e. The Labute approximate surface area is 218 Å². The molecule has 0 aliphatic heterocycles.